The number of para-hydroxylation sites is 1. The van der Waals surface area contributed by atoms with Crippen molar-refractivity contribution in [1.82, 2.24) is 10.6 Å². The molecule has 4 heteroatoms. The summed E-state index contributed by atoms with van der Waals surface area (Å²) in [6.07, 6.45) is 1.79. The van der Waals surface area contributed by atoms with E-state index in [-0.39, 0.29) is 0 Å². The second-order valence-electron chi connectivity index (χ2n) is 4.88. The molecule has 2 rings (SSSR count). The van der Waals surface area contributed by atoms with E-state index >= 15 is 0 Å². The lowest BCUT2D eigenvalue weighted by Crippen LogP contribution is -2.39. The van der Waals surface area contributed by atoms with Crippen molar-refractivity contribution < 1.29 is 4.74 Å². The first-order valence-electron chi connectivity index (χ1n) is 7.68. The van der Waals surface area contributed by atoms with Crippen LogP contribution in [0.15, 0.2) is 72.2 Å². The molecular weight excluding hydrogens is 286 g/mol. The summed E-state index contributed by atoms with van der Waals surface area (Å²) in [6.45, 7) is 5.57. The van der Waals surface area contributed by atoms with Gasteiger partial charge in [-0.25, -0.2) is 0 Å². The smallest absolute Gasteiger partial charge is 0.191 e. The number of rotatable bonds is 7. The molecule has 0 heterocycles. The lowest BCUT2D eigenvalue weighted by Gasteiger charge is -2.13. The first-order chi connectivity index (χ1) is 11.3. The average molecular weight is 309 g/mol. The Hall–Kier alpha value is -2.75. The summed E-state index contributed by atoms with van der Waals surface area (Å²) in [7, 11) is 1.74. The standard InChI is InChI=1S/C19H23N3O/c1-3-13-21-19(20-2)22-14-15-23-18-12-8-7-11-17(18)16-9-5-4-6-10-16/h3-12H,1,13-15H2,2H3,(H2,20,21,22). The van der Waals surface area contributed by atoms with Gasteiger partial charge in [0.15, 0.2) is 5.96 Å². The number of nitrogens with one attached hydrogen (secondary N) is 2. The molecule has 2 N–H and O–H groups in total. The third-order valence-electron chi connectivity index (χ3n) is 3.26. The van der Waals surface area contributed by atoms with Crippen LogP contribution >= 0.6 is 0 Å². The van der Waals surface area contributed by atoms with E-state index in [1.54, 1.807) is 13.1 Å². The molecule has 0 aliphatic rings. The van der Waals surface area contributed by atoms with E-state index in [9.17, 15) is 0 Å². The predicted octanol–water partition coefficient (Wildman–Crippen LogP) is 3.08. The Balaban J connectivity index is 1.90. The van der Waals surface area contributed by atoms with Crippen LogP contribution in [-0.2, 0) is 0 Å². The molecule has 0 bridgehead atoms. The Morgan fingerprint density at radius 2 is 1.83 bits per heavy atom. The van der Waals surface area contributed by atoms with Crippen molar-refractivity contribution in [2.24, 2.45) is 4.99 Å². The predicted molar refractivity (Wildman–Crippen MR) is 96.9 cm³/mol. The molecule has 0 aromatic heterocycles. The fourth-order valence-electron chi connectivity index (χ4n) is 2.17. The zero-order valence-corrected chi connectivity index (χ0v) is 13.5. The van der Waals surface area contributed by atoms with Crippen LogP contribution in [-0.4, -0.2) is 32.7 Å². The summed E-state index contributed by atoms with van der Waals surface area (Å²) >= 11 is 0. The van der Waals surface area contributed by atoms with Crippen molar-refractivity contribution in [3.8, 4) is 16.9 Å². The molecule has 0 spiro atoms. The van der Waals surface area contributed by atoms with E-state index in [1.807, 2.05) is 36.4 Å². The monoisotopic (exact) mass is 309 g/mol. The van der Waals surface area contributed by atoms with Crippen molar-refractivity contribution in [1.29, 1.82) is 0 Å². The zero-order valence-electron chi connectivity index (χ0n) is 13.5. The van der Waals surface area contributed by atoms with Crippen LogP contribution in [0.2, 0.25) is 0 Å². The van der Waals surface area contributed by atoms with Crippen LogP contribution in [0.3, 0.4) is 0 Å². The zero-order chi connectivity index (χ0) is 16.3. The molecule has 23 heavy (non-hydrogen) atoms. The molecule has 2 aromatic rings. The second-order valence-corrected chi connectivity index (χ2v) is 4.88. The fraction of sp³-hybridized carbons (Fsp3) is 0.211. The van der Waals surface area contributed by atoms with Gasteiger partial charge in [-0.05, 0) is 11.6 Å². The highest BCUT2D eigenvalue weighted by molar-refractivity contribution is 5.79. The second kappa shape index (κ2) is 9.30. The fourth-order valence-corrected chi connectivity index (χ4v) is 2.17. The van der Waals surface area contributed by atoms with E-state index in [4.69, 9.17) is 4.74 Å². The van der Waals surface area contributed by atoms with Gasteiger partial charge in [-0.1, -0.05) is 54.6 Å². The molecule has 0 aliphatic carbocycles. The topological polar surface area (TPSA) is 45.7 Å². The third kappa shape index (κ3) is 5.18. The quantitative estimate of drug-likeness (QED) is 0.357. The van der Waals surface area contributed by atoms with E-state index in [2.05, 4.69) is 40.4 Å². The molecule has 0 aliphatic heterocycles. The molecule has 0 atom stereocenters. The number of hydrogen-bond acceptors (Lipinski definition) is 2. The number of nitrogens with zero attached hydrogens (tertiary/aromatic N) is 1. The highest BCUT2D eigenvalue weighted by atomic mass is 16.5. The highest BCUT2D eigenvalue weighted by Crippen LogP contribution is 2.29. The van der Waals surface area contributed by atoms with E-state index in [1.165, 1.54) is 0 Å². The van der Waals surface area contributed by atoms with Crippen LogP contribution in [0.25, 0.3) is 11.1 Å². The summed E-state index contributed by atoms with van der Waals surface area (Å²) in [6, 6.07) is 18.3. The van der Waals surface area contributed by atoms with Gasteiger partial charge in [-0.3, -0.25) is 4.99 Å². The number of aliphatic imine (C=N–C) groups is 1. The first-order valence-corrected chi connectivity index (χ1v) is 7.68. The molecule has 120 valence electrons. The normalized spacial score (nSPS) is 10.9. The average Bonchev–Trinajstić information content (AvgIpc) is 2.62. The summed E-state index contributed by atoms with van der Waals surface area (Å²) in [5.41, 5.74) is 2.25. The highest BCUT2D eigenvalue weighted by Gasteiger charge is 2.05. The van der Waals surface area contributed by atoms with Gasteiger partial charge >= 0.3 is 0 Å². The number of guanidine groups is 1. The van der Waals surface area contributed by atoms with Crippen LogP contribution in [0, 0.1) is 0 Å². The van der Waals surface area contributed by atoms with E-state index < -0.39 is 0 Å². The molecule has 4 nitrogen and oxygen atoms in total. The molecule has 0 fully saturated rings. The lowest BCUT2D eigenvalue weighted by atomic mass is 10.1. The SMILES string of the molecule is C=CCNC(=NC)NCCOc1ccccc1-c1ccccc1. The van der Waals surface area contributed by atoms with Crippen LogP contribution < -0.4 is 15.4 Å². The minimum absolute atomic E-state index is 0.554. The summed E-state index contributed by atoms with van der Waals surface area (Å²) in [5.74, 6) is 1.62. The number of hydrogen-bond donors (Lipinski definition) is 2. The molecule has 0 saturated heterocycles. The lowest BCUT2D eigenvalue weighted by molar-refractivity contribution is 0.323. The molecule has 0 radical (unpaired) electrons. The maximum atomic E-state index is 5.93. The van der Waals surface area contributed by atoms with E-state index in [0.29, 0.717) is 19.7 Å². The summed E-state index contributed by atoms with van der Waals surface area (Å²) in [5, 5.41) is 6.32. The van der Waals surface area contributed by atoms with Gasteiger partial charge in [-0.15, -0.1) is 6.58 Å². The summed E-state index contributed by atoms with van der Waals surface area (Å²) < 4.78 is 5.93. The maximum Gasteiger partial charge on any atom is 0.191 e. The van der Waals surface area contributed by atoms with Gasteiger partial charge < -0.3 is 15.4 Å². The molecule has 0 unspecified atom stereocenters. The Morgan fingerprint density at radius 3 is 2.57 bits per heavy atom. The van der Waals surface area contributed by atoms with Crippen LogP contribution in [0.1, 0.15) is 0 Å². The summed E-state index contributed by atoms with van der Waals surface area (Å²) in [4.78, 5) is 4.13. The first kappa shape index (κ1) is 16.6. The van der Waals surface area contributed by atoms with Crippen molar-refractivity contribution in [3.63, 3.8) is 0 Å². The van der Waals surface area contributed by atoms with Gasteiger partial charge in [0.2, 0.25) is 0 Å². The van der Waals surface area contributed by atoms with Crippen molar-refractivity contribution in [2.75, 3.05) is 26.7 Å². The Labute approximate surface area is 137 Å². The van der Waals surface area contributed by atoms with Crippen molar-refractivity contribution >= 4 is 5.96 Å². The number of benzene rings is 2. The van der Waals surface area contributed by atoms with Crippen LogP contribution in [0.5, 0.6) is 5.75 Å². The van der Waals surface area contributed by atoms with Crippen LogP contribution in [0.4, 0.5) is 0 Å². The Morgan fingerprint density at radius 1 is 1.09 bits per heavy atom. The molecular formula is C19H23N3O. The molecule has 0 saturated carbocycles. The van der Waals surface area contributed by atoms with Crippen molar-refractivity contribution in [3.05, 3.63) is 67.3 Å². The largest absolute Gasteiger partial charge is 0.491 e. The van der Waals surface area contributed by atoms with Gasteiger partial charge in [0.1, 0.15) is 12.4 Å². The molecule has 0 amide bonds. The van der Waals surface area contributed by atoms with Crippen molar-refractivity contribution in [2.45, 2.75) is 0 Å². The number of ether oxygens (including phenoxy) is 1. The minimum Gasteiger partial charge on any atom is -0.491 e. The van der Waals surface area contributed by atoms with Gasteiger partial charge in [0, 0.05) is 19.2 Å². The Kier molecular flexibility index (Phi) is 6.72. The molecule has 2 aromatic carbocycles. The Bertz CT molecular complexity index is 638. The third-order valence-corrected chi connectivity index (χ3v) is 3.26. The van der Waals surface area contributed by atoms with Gasteiger partial charge in [0.25, 0.3) is 0 Å². The van der Waals surface area contributed by atoms with Gasteiger partial charge in [0.05, 0.1) is 6.54 Å². The maximum absolute atomic E-state index is 5.93. The van der Waals surface area contributed by atoms with E-state index in [0.717, 1.165) is 22.8 Å². The van der Waals surface area contributed by atoms with Gasteiger partial charge in [-0.2, -0.15) is 0 Å². The minimum atomic E-state index is 0.554.